The van der Waals surface area contributed by atoms with Crippen LogP contribution in [0.15, 0.2) is 24.5 Å². The fourth-order valence-corrected chi connectivity index (χ4v) is 2.69. The second-order valence-corrected chi connectivity index (χ2v) is 4.78. The van der Waals surface area contributed by atoms with E-state index in [0.29, 0.717) is 0 Å². The normalized spacial score (nSPS) is 24.2. The Bertz CT molecular complexity index is 363. The van der Waals surface area contributed by atoms with Crippen molar-refractivity contribution in [3.05, 3.63) is 30.1 Å². The third-order valence-corrected chi connectivity index (χ3v) is 3.44. The van der Waals surface area contributed by atoms with Crippen molar-refractivity contribution in [2.75, 3.05) is 26.3 Å². The second kappa shape index (κ2) is 4.72. The van der Waals surface area contributed by atoms with Gasteiger partial charge in [0.2, 0.25) is 0 Å². The molecule has 3 heterocycles. The number of hydrogen-bond acceptors (Lipinski definition) is 4. The number of hydrogen-bond donors (Lipinski definition) is 0. The van der Waals surface area contributed by atoms with Crippen molar-refractivity contribution < 1.29 is 9.47 Å². The van der Waals surface area contributed by atoms with Crippen LogP contribution in [-0.2, 0) is 16.0 Å². The molecule has 92 valence electrons. The molecule has 1 spiro atoms. The SMILES string of the molecule is c1cncc(CN2CCCC3(C2)OCCO3)c1. The number of ether oxygens (including phenoxy) is 2. The van der Waals surface area contributed by atoms with Crippen LogP contribution in [0.4, 0.5) is 0 Å². The van der Waals surface area contributed by atoms with Gasteiger partial charge < -0.3 is 9.47 Å². The van der Waals surface area contributed by atoms with Crippen LogP contribution in [-0.4, -0.2) is 42.0 Å². The maximum Gasteiger partial charge on any atom is 0.181 e. The molecule has 0 N–H and O–H groups in total. The zero-order valence-corrected chi connectivity index (χ0v) is 9.97. The monoisotopic (exact) mass is 234 g/mol. The molecule has 0 saturated carbocycles. The lowest BCUT2D eigenvalue weighted by Crippen LogP contribution is -2.48. The van der Waals surface area contributed by atoms with Crippen LogP contribution in [0.2, 0.25) is 0 Å². The summed E-state index contributed by atoms with van der Waals surface area (Å²) in [5, 5.41) is 0. The van der Waals surface area contributed by atoms with E-state index in [-0.39, 0.29) is 5.79 Å². The van der Waals surface area contributed by atoms with E-state index >= 15 is 0 Å². The van der Waals surface area contributed by atoms with Crippen LogP contribution in [0.3, 0.4) is 0 Å². The van der Waals surface area contributed by atoms with Gasteiger partial charge in [0.05, 0.1) is 19.8 Å². The van der Waals surface area contributed by atoms with E-state index in [1.165, 1.54) is 5.56 Å². The van der Waals surface area contributed by atoms with Gasteiger partial charge in [0.1, 0.15) is 0 Å². The van der Waals surface area contributed by atoms with Crippen molar-refractivity contribution in [3.8, 4) is 0 Å². The van der Waals surface area contributed by atoms with Gasteiger partial charge in [0.15, 0.2) is 5.79 Å². The van der Waals surface area contributed by atoms with E-state index in [2.05, 4.69) is 16.0 Å². The standard InChI is InChI=1S/C13H18N2O2/c1-3-12(9-14-5-1)10-15-6-2-4-13(11-15)16-7-8-17-13/h1,3,5,9H,2,4,6-8,10-11H2. The molecular weight excluding hydrogens is 216 g/mol. The van der Waals surface area contributed by atoms with E-state index in [1.54, 1.807) is 0 Å². The van der Waals surface area contributed by atoms with Gasteiger partial charge in [-0.15, -0.1) is 0 Å². The lowest BCUT2D eigenvalue weighted by molar-refractivity contribution is -0.190. The maximum absolute atomic E-state index is 5.77. The molecule has 0 unspecified atom stereocenters. The van der Waals surface area contributed by atoms with Crippen LogP contribution in [0.5, 0.6) is 0 Å². The summed E-state index contributed by atoms with van der Waals surface area (Å²) in [6, 6.07) is 4.10. The minimum atomic E-state index is -0.319. The molecule has 2 fully saturated rings. The highest BCUT2D eigenvalue weighted by Crippen LogP contribution is 2.30. The number of likely N-dealkylation sites (tertiary alicyclic amines) is 1. The molecule has 1 aromatic heterocycles. The summed E-state index contributed by atoms with van der Waals surface area (Å²) in [6.45, 7) is 4.40. The first-order valence-corrected chi connectivity index (χ1v) is 6.26. The van der Waals surface area contributed by atoms with E-state index in [4.69, 9.17) is 9.47 Å². The number of nitrogens with zero attached hydrogens (tertiary/aromatic N) is 2. The highest BCUT2D eigenvalue weighted by Gasteiger charge is 2.40. The molecule has 0 amide bonds. The summed E-state index contributed by atoms with van der Waals surface area (Å²) in [4.78, 5) is 6.54. The van der Waals surface area contributed by atoms with Gasteiger partial charge in [0.25, 0.3) is 0 Å². The predicted octanol–water partition coefficient (Wildman–Crippen LogP) is 1.42. The maximum atomic E-state index is 5.77. The first-order chi connectivity index (χ1) is 8.36. The minimum absolute atomic E-state index is 0.319. The van der Waals surface area contributed by atoms with Crippen molar-refractivity contribution in [1.29, 1.82) is 0 Å². The van der Waals surface area contributed by atoms with Gasteiger partial charge in [-0.05, 0) is 24.6 Å². The van der Waals surface area contributed by atoms with Crippen LogP contribution < -0.4 is 0 Å². The molecule has 2 aliphatic heterocycles. The summed E-state index contributed by atoms with van der Waals surface area (Å²) in [7, 11) is 0. The zero-order chi connectivity index (χ0) is 11.6. The Labute approximate surface area is 102 Å². The fourth-order valence-electron chi connectivity index (χ4n) is 2.69. The molecule has 2 aliphatic rings. The molecule has 3 rings (SSSR count). The molecule has 4 nitrogen and oxygen atoms in total. The summed E-state index contributed by atoms with van der Waals surface area (Å²) in [6.07, 6.45) is 5.90. The highest BCUT2D eigenvalue weighted by molar-refractivity contribution is 5.08. The van der Waals surface area contributed by atoms with Crippen molar-refractivity contribution in [1.82, 2.24) is 9.88 Å². The van der Waals surface area contributed by atoms with Crippen molar-refractivity contribution >= 4 is 0 Å². The summed E-state index contributed by atoms with van der Waals surface area (Å²) >= 11 is 0. The topological polar surface area (TPSA) is 34.6 Å². The smallest absolute Gasteiger partial charge is 0.181 e. The Morgan fingerprint density at radius 2 is 2.24 bits per heavy atom. The van der Waals surface area contributed by atoms with Crippen LogP contribution in [0, 0.1) is 0 Å². The second-order valence-electron chi connectivity index (χ2n) is 4.78. The molecule has 2 saturated heterocycles. The molecule has 17 heavy (non-hydrogen) atoms. The minimum Gasteiger partial charge on any atom is -0.346 e. The molecular formula is C13H18N2O2. The third kappa shape index (κ3) is 2.49. The number of pyridine rings is 1. The number of rotatable bonds is 2. The largest absolute Gasteiger partial charge is 0.346 e. The number of aromatic nitrogens is 1. The Kier molecular flexibility index (Phi) is 3.09. The summed E-state index contributed by atoms with van der Waals surface area (Å²) in [5.74, 6) is -0.319. The van der Waals surface area contributed by atoms with Crippen LogP contribution in [0.25, 0.3) is 0 Å². The van der Waals surface area contributed by atoms with Gasteiger partial charge in [-0.3, -0.25) is 9.88 Å². The molecule has 0 aromatic carbocycles. The van der Waals surface area contributed by atoms with Gasteiger partial charge >= 0.3 is 0 Å². The fraction of sp³-hybridized carbons (Fsp3) is 0.615. The predicted molar refractivity (Wildman–Crippen MR) is 63.4 cm³/mol. The Morgan fingerprint density at radius 1 is 1.35 bits per heavy atom. The van der Waals surface area contributed by atoms with E-state index in [1.807, 2.05) is 18.5 Å². The Morgan fingerprint density at radius 3 is 3.00 bits per heavy atom. The van der Waals surface area contributed by atoms with E-state index < -0.39 is 0 Å². The van der Waals surface area contributed by atoms with E-state index in [9.17, 15) is 0 Å². The van der Waals surface area contributed by atoms with Gasteiger partial charge in [-0.2, -0.15) is 0 Å². The van der Waals surface area contributed by atoms with Gasteiger partial charge in [-0.25, -0.2) is 0 Å². The average molecular weight is 234 g/mol. The number of piperidine rings is 1. The molecule has 0 bridgehead atoms. The molecule has 1 aromatic rings. The van der Waals surface area contributed by atoms with Gasteiger partial charge in [0, 0.05) is 25.4 Å². The zero-order valence-electron chi connectivity index (χ0n) is 9.97. The van der Waals surface area contributed by atoms with Crippen LogP contribution in [0.1, 0.15) is 18.4 Å². The summed E-state index contributed by atoms with van der Waals surface area (Å²) in [5.41, 5.74) is 1.25. The van der Waals surface area contributed by atoms with Crippen molar-refractivity contribution in [2.45, 2.75) is 25.2 Å². The third-order valence-electron chi connectivity index (χ3n) is 3.44. The Balaban J connectivity index is 1.64. The molecule has 4 heteroatoms. The average Bonchev–Trinajstić information content (AvgIpc) is 2.79. The quantitative estimate of drug-likeness (QED) is 0.775. The van der Waals surface area contributed by atoms with E-state index in [0.717, 1.165) is 45.7 Å². The summed E-state index contributed by atoms with van der Waals surface area (Å²) < 4.78 is 11.5. The molecule has 0 aliphatic carbocycles. The molecule has 0 atom stereocenters. The highest BCUT2D eigenvalue weighted by atomic mass is 16.7. The molecule has 0 radical (unpaired) electrons. The van der Waals surface area contributed by atoms with Gasteiger partial charge in [-0.1, -0.05) is 6.07 Å². The van der Waals surface area contributed by atoms with Crippen molar-refractivity contribution in [3.63, 3.8) is 0 Å². The van der Waals surface area contributed by atoms with Crippen molar-refractivity contribution in [2.24, 2.45) is 0 Å². The first kappa shape index (κ1) is 11.1. The Hall–Kier alpha value is -0.970. The lowest BCUT2D eigenvalue weighted by atomic mass is 10.0. The van der Waals surface area contributed by atoms with Crippen LogP contribution >= 0.6 is 0 Å². The first-order valence-electron chi connectivity index (χ1n) is 6.26. The lowest BCUT2D eigenvalue weighted by Gasteiger charge is -2.38.